The van der Waals surface area contributed by atoms with E-state index in [1.54, 1.807) is 23.5 Å². The molecule has 2 aromatic rings. The molecule has 1 N–H and O–H groups in total. The van der Waals surface area contributed by atoms with Crippen LogP contribution in [0.4, 0.5) is 5.69 Å². The fraction of sp³-hybridized carbons (Fsp3) is 0.318. The van der Waals surface area contributed by atoms with Crippen molar-refractivity contribution in [1.82, 2.24) is 0 Å². The van der Waals surface area contributed by atoms with Crippen molar-refractivity contribution in [3.05, 3.63) is 65.4 Å². The first-order valence-electron chi connectivity index (χ1n) is 8.90. The molecular weight excluding hydrogens is 358 g/mol. The van der Waals surface area contributed by atoms with Crippen molar-refractivity contribution in [2.75, 3.05) is 11.6 Å². The summed E-state index contributed by atoms with van der Waals surface area (Å²) >= 11 is 3.53. The average molecular weight is 382 g/mol. The summed E-state index contributed by atoms with van der Waals surface area (Å²) in [4.78, 5) is 15.6. The van der Waals surface area contributed by atoms with Crippen LogP contribution >= 0.6 is 23.5 Å². The summed E-state index contributed by atoms with van der Waals surface area (Å²) in [6.45, 7) is 4.37. The lowest BCUT2D eigenvalue weighted by Crippen LogP contribution is -2.29. The minimum atomic E-state index is 0.000124. The van der Waals surface area contributed by atoms with Gasteiger partial charge in [0.05, 0.1) is 10.9 Å². The number of fused-ring (bicyclic) bond motifs is 1. The molecule has 1 heterocycles. The first-order chi connectivity index (χ1) is 12.5. The number of hydrogen-bond acceptors (Lipinski definition) is 4. The highest BCUT2D eigenvalue weighted by atomic mass is 32.2. The predicted octanol–water partition coefficient (Wildman–Crippen LogP) is 6.31. The van der Waals surface area contributed by atoms with Gasteiger partial charge in [0.25, 0.3) is 0 Å². The van der Waals surface area contributed by atoms with Crippen LogP contribution in [0.3, 0.4) is 0 Å². The minimum absolute atomic E-state index is 0.000124. The Morgan fingerprint density at radius 3 is 2.54 bits per heavy atom. The number of allylic oxidation sites excluding steroid dienone is 1. The maximum atomic E-state index is 13.1. The number of anilines is 1. The van der Waals surface area contributed by atoms with E-state index in [0.717, 1.165) is 23.4 Å². The van der Waals surface area contributed by atoms with E-state index >= 15 is 0 Å². The number of nitrogens with one attached hydrogen (secondary N) is 1. The molecule has 0 aromatic heterocycles. The number of Topliss-reactive ketones (excluding diaryl/α,β-unsaturated/α-hetero) is 1. The Morgan fingerprint density at radius 1 is 1.08 bits per heavy atom. The van der Waals surface area contributed by atoms with E-state index in [4.69, 9.17) is 0 Å². The third-order valence-corrected chi connectivity index (χ3v) is 7.12. The monoisotopic (exact) mass is 381 g/mol. The van der Waals surface area contributed by atoms with Crippen molar-refractivity contribution >= 4 is 35.0 Å². The second-order valence-electron chi connectivity index (χ2n) is 7.73. The highest BCUT2D eigenvalue weighted by Gasteiger charge is 2.39. The molecule has 0 radical (unpaired) electrons. The van der Waals surface area contributed by atoms with Crippen LogP contribution in [0.15, 0.2) is 69.6 Å². The summed E-state index contributed by atoms with van der Waals surface area (Å²) in [6.07, 6.45) is 3.61. The van der Waals surface area contributed by atoms with Gasteiger partial charge in [-0.3, -0.25) is 4.79 Å². The van der Waals surface area contributed by atoms with E-state index in [1.807, 2.05) is 0 Å². The number of para-hydroxylation sites is 1. The molecule has 0 saturated heterocycles. The molecule has 2 aromatic carbocycles. The summed E-state index contributed by atoms with van der Waals surface area (Å²) in [7, 11) is 0. The second kappa shape index (κ2) is 6.82. The van der Waals surface area contributed by atoms with Gasteiger partial charge in [0, 0.05) is 27.5 Å². The lowest BCUT2D eigenvalue weighted by Gasteiger charge is -2.33. The van der Waals surface area contributed by atoms with Gasteiger partial charge in [-0.15, -0.1) is 23.5 Å². The lowest BCUT2D eigenvalue weighted by atomic mass is 9.74. The predicted molar refractivity (Wildman–Crippen MR) is 112 cm³/mol. The normalized spacial score (nSPS) is 21.5. The summed E-state index contributed by atoms with van der Waals surface area (Å²) in [5.74, 6) is 0.281. The molecule has 1 aliphatic carbocycles. The van der Waals surface area contributed by atoms with E-state index in [1.165, 1.54) is 15.4 Å². The zero-order valence-electron chi connectivity index (χ0n) is 15.3. The summed E-state index contributed by atoms with van der Waals surface area (Å²) in [5.41, 5.74) is 4.37. The number of carbonyl (C=O) groups excluding carboxylic acids is 1. The Hall–Kier alpha value is -1.65. The van der Waals surface area contributed by atoms with Gasteiger partial charge in [0.15, 0.2) is 5.78 Å². The van der Waals surface area contributed by atoms with Crippen molar-refractivity contribution in [3.63, 3.8) is 0 Å². The minimum Gasteiger partial charge on any atom is -0.358 e. The quantitative estimate of drug-likeness (QED) is 0.617. The van der Waals surface area contributed by atoms with Gasteiger partial charge in [-0.2, -0.15) is 0 Å². The van der Waals surface area contributed by atoms with Crippen molar-refractivity contribution < 1.29 is 4.79 Å². The average Bonchev–Trinajstić information content (AvgIpc) is 2.77. The maximum absolute atomic E-state index is 13.1. The Bertz CT molecular complexity index is 883. The number of rotatable bonds is 2. The Kier molecular flexibility index (Phi) is 4.66. The third kappa shape index (κ3) is 3.33. The van der Waals surface area contributed by atoms with Crippen LogP contribution in [0.2, 0.25) is 0 Å². The van der Waals surface area contributed by atoms with Gasteiger partial charge in [-0.1, -0.05) is 38.1 Å². The molecule has 0 saturated carbocycles. The topological polar surface area (TPSA) is 29.1 Å². The summed E-state index contributed by atoms with van der Waals surface area (Å²) in [5, 5.41) is 3.65. The molecule has 4 heteroatoms. The molecule has 2 aliphatic rings. The third-order valence-electron chi connectivity index (χ3n) is 5.02. The van der Waals surface area contributed by atoms with Gasteiger partial charge in [0.2, 0.25) is 0 Å². The van der Waals surface area contributed by atoms with Gasteiger partial charge in [-0.25, -0.2) is 0 Å². The highest BCUT2D eigenvalue weighted by molar-refractivity contribution is 8.00. The van der Waals surface area contributed by atoms with Crippen molar-refractivity contribution in [3.8, 4) is 0 Å². The number of hydrogen-bond donors (Lipinski definition) is 1. The molecule has 0 amide bonds. The van der Waals surface area contributed by atoms with Crippen molar-refractivity contribution in [2.45, 2.75) is 41.7 Å². The largest absolute Gasteiger partial charge is 0.358 e. The molecule has 0 spiro atoms. The smallest absolute Gasteiger partial charge is 0.162 e. The van der Waals surface area contributed by atoms with E-state index in [9.17, 15) is 4.79 Å². The SMILES string of the molecule is CSc1ccc([C@@H]2Sc3ccccc3NC3=C2C(=O)CC(C)(C)C3)cc1. The second-order valence-corrected chi connectivity index (χ2v) is 9.75. The van der Waals surface area contributed by atoms with E-state index < -0.39 is 0 Å². The number of carbonyl (C=O) groups is 1. The van der Waals surface area contributed by atoms with Crippen molar-refractivity contribution in [2.24, 2.45) is 5.41 Å². The summed E-state index contributed by atoms with van der Waals surface area (Å²) < 4.78 is 0. The van der Waals surface area contributed by atoms with E-state index in [-0.39, 0.29) is 16.4 Å². The molecule has 26 heavy (non-hydrogen) atoms. The van der Waals surface area contributed by atoms with Gasteiger partial charge in [-0.05, 0) is 47.9 Å². The number of benzene rings is 2. The lowest BCUT2D eigenvalue weighted by molar-refractivity contribution is -0.118. The number of thioether (sulfide) groups is 2. The fourth-order valence-corrected chi connectivity index (χ4v) is 5.54. The van der Waals surface area contributed by atoms with Crippen LogP contribution in [0.1, 0.15) is 37.5 Å². The molecule has 134 valence electrons. The Morgan fingerprint density at radius 2 is 1.81 bits per heavy atom. The molecule has 0 unspecified atom stereocenters. The molecule has 0 bridgehead atoms. The Balaban J connectivity index is 1.85. The highest BCUT2D eigenvalue weighted by Crippen LogP contribution is 2.51. The molecule has 2 nitrogen and oxygen atoms in total. The standard InChI is InChI=1S/C22H23NOS2/c1-22(2)12-17-20(18(24)13-22)21(14-8-10-15(25-3)11-9-14)26-19-7-5-4-6-16(19)23-17/h4-11,21,23H,12-13H2,1-3H3/t21-/m0/s1. The van der Waals surface area contributed by atoms with Crippen LogP contribution in [-0.4, -0.2) is 12.0 Å². The molecule has 0 fully saturated rings. The molecule has 1 aliphatic heterocycles. The zero-order valence-corrected chi connectivity index (χ0v) is 17.0. The molecule has 4 rings (SSSR count). The summed E-state index contributed by atoms with van der Waals surface area (Å²) in [6, 6.07) is 17.0. The van der Waals surface area contributed by atoms with Gasteiger partial charge < -0.3 is 5.32 Å². The number of ketones is 1. The van der Waals surface area contributed by atoms with Crippen LogP contribution in [0.25, 0.3) is 0 Å². The van der Waals surface area contributed by atoms with Gasteiger partial charge in [0.1, 0.15) is 0 Å². The van der Waals surface area contributed by atoms with E-state index in [2.05, 4.69) is 74.0 Å². The van der Waals surface area contributed by atoms with Crippen molar-refractivity contribution in [1.29, 1.82) is 0 Å². The first-order valence-corrected chi connectivity index (χ1v) is 11.0. The first kappa shape index (κ1) is 17.7. The van der Waals surface area contributed by atoms with Crippen LogP contribution in [0.5, 0.6) is 0 Å². The van der Waals surface area contributed by atoms with Crippen LogP contribution in [0, 0.1) is 5.41 Å². The maximum Gasteiger partial charge on any atom is 0.162 e. The Labute approximate surface area is 163 Å². The zero-order chi connectivity index (χ0) is 18.3. The molecule has 1 atom stereocenters. The van der Waals surface area contributed by atoms with Crippen LogP contribution in [-0.2, 0) is 4.79 Å². The van der Waals surface area contributed by atoms with Gasteiger partial charge >= 0.3 is 0 Å². The van der Waals surface area contributed by atoms with E-state index in [0.29, 0.717) is 6.42 Å². The van der Waals surface area contributed by atoms with Crippen LogP contribution < -0.4 is 5.32 Å². The molecular formula is C22H23NOS2. The fourth-order valence-electron chi connectivity index (χ4n) is 3.78.